The van der Waals surface area contributed by atoms with Gasteiger partial charge in [0.2, 0.25) is 5.91 Å². The highest BCUT2D eigenvalue weighted by Crippen LogP contribution is 2.30. The number of halogens is 1. The van der Waals surface area contributed by atoms with E-state index in [2.05, 4.69) is 10.3 Å². The SMILES string of the molecule is CCOc1ccc(C(=O)CCC(=O)Nc2cc(-c3ccc(F)cc3)cc(-c3ccccc3)n2)cc1OCC. The lowest BCUT2D eigenvalue weighted by Gasteiger charge is -2.12. The van der Waals surface area contributed by atoms with Gasteiger partial charge in [-0.1, -0.05) is 42.5 Å². The highest BCUT2D eigenvalue weighted by Gasteiger charge is 2.15. The molecule has 6 nitrogen and oxygen atoms in total. The summed E-state index contributed by atoms with van der Waals surface area (Å²) in [5.74, 6) is 0.581. The summed E-state index contributed by atoms with van der Waals surface area (Å²) in [7, 11) is 0. The van der Waals surface area contributed by atoms with Gasteiger partial charge >= 0.3 is 0 Å². The van der Waals surface area contributed by atoms with Gasteiger partial charge in [0.25, 0.3) is 0 Å². The van der Waals surface area contributed by atoms with E-state index in [1.54, 1.807) is 36.4 Å². The second-order valence-electron chi connectivity index (χ2n) is 8.50. The van der Waals surface area contributed by atoms with Crippen LogP contribution in [0.4, 0.5) is 10.2 Å². The van der Waals surface area contributed by atoms with Crippen molar-refractivity contribution >= 4 is 17.5 Å². The molecule has 0 saturated carbocycles. The number of hydrogen-bond donors (Lipinski definition) is 1. The number of ether oxygens (including phenoxy) is 2. The Hall–Kier alpha value is -4.52. The molecule has 1 N–H and O–H groups in total. The van der Waals surface area contributed by atoms with Gasteiger partial charge in [-0.25, -0.2) is 9.37 Å². The Balaban J connectivity index is 1.49. The van der Waals surface area contributed by atoms with Crippen molar-refractivity contribution in [1.82, 2.24) is 4.98 Å². The molecule has 0 atom stereocenters. The summed E-state index contributed by atoms with van der Waals surface area (Å²) in [4.78, 5) is 30.2. The molecule has 4 rings (SSSR count). The Bertz CT molecular complexity index is 1410. The van der Waals surface area contributed by atoms with Gasteiger partial charge in [-0.2, -0.15) is 0 Å². The first-order valence-electron chi connectivity index (χ1n) is 12.5. The number of pyridine rings is 1. The van der Waals surface area contributed by atoms with E-state index in [1.165, 1.54) is 12.1 Å². The molecule has 0 aliphatic carbocycles. The van der Waals surface area contributed by atoms with Crippen molar-refractivity contribution in [1.29, 1.82) is 0 Å². The number of rotatable bonds is 11. The van der Waals surface area contributed by atoms with Crippen molar-refractivity contribution in [3.05, 3.63) is 96.3 Å². The lowest BCUT2D eigenvalue weighted by atomic mass is 10.0. The maximum absolute atomic E-state index is 13.5. The molecule has 0 fully saturated rings. The number of hydrogen-bond acceptors (Lipinski definition) is 5. The van der Waals surface area contributed by atoms with E-state index in [-0.39, 0.29) is 30.3 Å². The highest BCUT2D eigenvalue weighted by atomic mass is 19.1. The van der Waals surface area contributed by atoms with Crippen LogP contribution in [-0.4, -0.2) is 29.9 Å². The molecule has 0 bridgehead atoms. The standard InChI is InChI=1S/C31H29FN2O4/c1-3-37-28-16-12-23(19-29(28)38-4-2)27(35)15-17-31(36)34-30-20-24(21-10-13-25(32)14-11-21)18-26(33-30)22-8-6-5-7-9-22/h5-14,16,18-20H,3-4,15,17H2,1-2H3,(H,33,34,36). The first-order chi connectivity index (χ1) is 18.5. The number of benzene rings is 3. The maximum Gasteiger partial charge on any atom is 0.225 e. The van der Waals surface area contributed by atoms with Crippen LogP contribution in [0.5, 0.6) is 11.5 Å². The first-order valence-corrected chi connectivity index (χ1v) is 12.5. The van der Waals surface area contributed by atoms with Gasteiger partial charge in [0.15, 0.2) is 17.3 Å². The number of amides is 1. The molecule has 4 aromatic rings. The van der Waals surface area contributed by atoms with Crippen molar-refractivity contribution in [2.45, 2.75) is 26.7 Å². The zero-order valence-corrected chi connectivity index (χ0v) is 21.4. The van der Waals surface area contributed by atoms with Crippen LogP contribution in [0.25, 0.3) is 22.4 Å². The normalized spacial score (nSPS) is 10.6. The number of Topliss-reactive ketones (excluding diaryl/α,β-unsaturated/α-hetero) is 1. The topological polar surface area (TPSA) is 77.5 Å². The minimum Gasteiger partial charge on any atom is -0.490 e. The Labute approximate surface area is 221 Å². The molecule has 0 unspecified atom stereocenters. The number of carbonyl (C=O) groups is 2. The molecule has 0 saturated heterocycles. The van der Waals surface area contributed by atoms with Crippen LogP contribution in [0, 0.1) is 5.82 Å². The molecule has 194 valence electrons. The summed E-state index contributed by atoms with van der Waals surface area (Å²) in [6.45, 7) is 4.66. The van der Waals surface area contributed by atoms with E-state index in [0.29, 0.717) is 41.8 Å². The lowest BCUT2D eigenvalue weighted by molar-refractivity contribution is -0.116. The highest BCUT2D eigenvalue weighted by molar-refractivity contribution is 6.00. The average Bonchev–Trinajstić information content (AvgIpc) is 2.93. The summed E-state index contributed by atoms with van der Waals surface area (Å²) in [5.41, 5.74) is 3.56. The minimum atomic E-state index is -0.336. The quantitative estimate of drug-likeness (QED) is 0.220. The maximum atomic E-state index is 13.5. The Morgan fingerprint density at radius 3 is 2.18 bits per heavy atom. The van der Waals surface area contributed by atoms with Crippen molar-refractivity contribution in [3.63, 3.8) is 0 Å². The van der Waals surface area contributed by atoms with Gasteiger partial charge in [0.1, 0.15) is 11.6 Å². The summed E-state index contributed by atoms with van der Waals surface area (Å²) < 4.78 is 24.6. The molecular formula is C31H29FN2O4. The summed E-state index contributed by atoms with van der Waals surface area (Å²) in [6, 6.07) is 24.4. The summed E-state index contributed by atoms with van der Waals surface area (Å²) in [6.07, 6.45) is 0.00765. The van der Waals surface area contributed by atoms with Crippen molar-refractivity contribution in [2.24, 2.45) is 0 Å². The fraction of sp³-hybridized carbons (Fsp3) is 0.194. The average molecular weight is 513 g/mol. The van der Waals surface area contributed by atoms with Crippen LogP contribution in [0.1, 0.15) is 37.0 Å². The van der Waals surface area contributed by atoms with Crippen LogP contribution in [0.2, 0.25) is 0 Å². The molecule has 1 heterocycles. The van der Waals surface area contributed by atoms with Gasteiger partial charge in [-0.05, 0) is 67.4 Å². The van der Waals surface area contributed by atoms with E-state index in [9.17, 15) is 14.0 Å². The molecule has 1 amide bonds. The van der Waals surface area contributed by atoms with Gasteiger partial charge in [0.05, 0.1) is 18.9 Å². The number of ketones is 1. The number of carbonyl (C=O) groups excluding carboxylic acids is 2. The van der Waals surface area contributed by atoms with E-state index in [4.69, 9.17) is 9.47 Å². The van der Waals surface area contributed by atoms with Crippen molar-refractivity contribution in [3.8, 4) is 33.9 Å². The summed E-state index contributed by atoms with van der Waals surface area (Å²) in [5, 5.41) is 2.82. The monoisotopic (exact) mass is 512 g/mol. The van der Waals surface area contributed by atoms with Crippen LogP contribution in [-0.2, 0) is 4.79 Å². The van der Waals surface area contributed by atoms with E-state index in [0.717, 1.165) is 16.7 Å². The summed E-state index contributed by atoms with van der Waals surface area (Å²) >= 11 is 0. The number of nitrogens with one attached hydrogen (secondary N) is 1. The third-order valence-electron chi connectivity index (χ3n) is 5.78. The van der Waals surface area contributed by atoms with E-state index >= 15 is 0 Å². The predicted octanol–water partition coefficient (Wildman–Crippen LogP) is 6.95. The molecule has 0 aliphatic heterocycles. The number of anilines is 1. The van der Waals surface area contributed by atoms with Gasteiger partial charge in [0, 0.05) is 24.0 Å². The Morgan fingerprint density at radius 1 is 0.763 bits per heavy atom. The van der Waals surface area contributed by atoms with Crippen LogP contribution in [0.3, 0.4) is 0 Å². The molecule has 38 heavy (non-hydrogen) atoms. The minimum absolute atomic E-state index is 0.0147. The van der Waals surface area contributed by atoms with Crippen LogP contribution >= 0.6 is 0 Å². The third-order valence-corrected chi connectivity index (χ3v) is 5.78. The van der Waals surface area contributed by atoms with Crippen molar-refractivity contribution in [2.75, 3.05) is 18.5 Å². The second kappa shape index (κ2) is 12.6. The molecule has 7 heteroatoms. The molecule has 3 aromatic carbocycles. The largest absolute Gasteiger partial charge is 0.490 e. The van der Waals surface area contributed by atoms with E-state index in [1.807, 2.05) is 50.2 Å². The molecule has 0 radical (unpaired) electrons. The zero-order valence-electron chi connectivity index (χ0n) is 21.4. The smallest absolute Gasteiger partial charge is 0.225 e. The Kier molecular flexibility index (Phi) is 8.82. The molecule has 0 aliphatic rings. The molecular weight excluding hydrogens is 483 g/mol. The third kappa shape index (κ3) is 6.82. The first kappa shape index (κ1) is 26.5. The number of nitrogens with zero attached hydrogens (tertiary/aromatic N) is 1. The zero-order chi connectivity index (χ0) is 26.9. The van der Waals surface area contributed by atoms with Gasteiger partial charge in [-0.3, -0.25) is 9.59 Å². The van der Waals surface area contributed by atoms with Crippen LogP contribution < -0.4 is 14.8 Å². The fourth-order valence-electron chi connectivity index (χ4n) is 3.96. The fourth-order valence-corrected chi connectivity index (χ4v) is 3.96. The Morgan fingerprint density at radius 2 is 1.47 bits per heavy atom. The van der Waals surface area contributed by atoms with Gasteiger partial charge < -0.3 is 14.8 Å². The lowest BCUT2D eigenvalue weighted by Crippen LogP contribution is -2.15. The van der Waals surface area contributed by atoms with Gasteiger partial charge in [-0.15, -0.1) is 0 Å². The van der Waals surface area contributed by atoms with E-state index < -0.39 is 0 Å². The number of aromatic nitrogens is 1. The van der Waals surface area contributed by atoms with Crippen molar-refractivity contribution < 1.29 is 23.5 Å². The second-order valence-corrected chi connectivity index (χ2v) is 8.50. The molecule has 0 spiro atoms. The predicted molar refractivity (Wildman–Crippen MR) is 146 cm³/mol. The van der Waals surface area contributed by atoms with Crippen LogP contribution in [0.15, 0.2) is 84.9 Å². The molecule has 1 aromatic heterocycles.